The van der Waals surface area contributed by atoms with Gasteiger partial charge in [0.1, 0.15) is 22.7 Å². The molecule has 5 unspecified atom stereocenters. The molecule has 1 heterocycles. The van der Waals surface area contributed by atoms with Gasteiger partial charge in [0.05, 0.1) is 4.92 Å². The van der Waals surface area contributed by atoms with Crippen molar-refractivity contribution in [1.29, 1.82) is 0 Å². The first-order valence-corrected chi connectivity index (χ1v) is 13.0. The number of nitro groups is 1. The van der Waals surface area contributed by atoms with E-state index in [9.17, 15) is 33.5 Å². The molecule has 5 atom stereocenters. The molecule has 2 amide bonds. The lowest BCUT2D eigenvalue weighted by Gasteiger charge is -2.48. The molecule has 38 heavy (non-hydrogen) atoms. The van der Waals surface area contributed by atoms with Crippen molar-refractivity contribution in [3.8, 4) is 0 Å². The van der Waals surface area contributed by atoms with Crippen LogP contribution in [0.3, 0.4) is 0 Å². The second-order valence-electron chi connectivity index (χ2n) is 8.17. The van der Waals surface area contributed by atoms with E-state index < -0.39 is 56.3 Å². The average Bonchev–Trinajstić information content (AvgIpc) is 2.89. The van der Waals surface area contributed by atoms with Crippen LogP contribution in [0.5, 0.6) is 0 Å². The highest BCUT2D eigenvalue weighted by atomic mass is 35.7. The number of β-lactam (4-membered cyclic amide) rings is 1. The number of esters is 1. The van der Waals surface area contributed by atoms with Crippen molar-refractivity contribution in [2.24, 2.45) is 0 Å². The van der Waals surface area contributed by atoms with E-state index in [1.165, 1.54) is 43.3 Å². The molecule has 12 nitrogen and oxygen atoms in total. The van der Waals surface area contributed by atoms with Crippen LogP contribution in [-0.4, -0.2) is 55.7 Å². The van der Waals surface area contributed by atoms with E-state index in [4.69, 9.17) is 20.2 Å². The second-order valence-corrected chi connectivity index (χ2v) is 10.1. The Morgan fingerprint density at radius 3 is 2.39 bits per heavy atom. The summed E-state index contributed by atoms with van der Waals surface area (Å²) in [5, 5.41) is 11.9. The number of carbonyl (C=O) groups is 4. The summed E-state index contributed by atoms with van der Waals surface area (Å²) >= 11 is 0. The number of benzene rings is 2. The molecule has 3 rings (SSSR count). The molecule has 0 saturated carbocycles. The predicted octanol–water partition coefficient (Wildman–Crippen LogP) is 2.05. The second kappa shape index (κ2) is 12.4. The van der Waals surface area contributed by atoms with E-state index in [1.807, 2.05) is 0 Å². The van der Waals surface area contributed by atoms with Crippen LogP contribution < -0.4 is 5.32 Å². The fourth-order valence-electron chi connectivity index (χ4n) is 3.79. The van der Waals surface area contributed by atoms with Gasteiger partial charge in [0.2, 0.25) is 12.0 Å². The zero-order valence-corrected chi connectivity index (χ0v) is 21.4. The van der Waals surface area contributed by atoms with Crippen molar-refractivity contribution in [3.05, 3.63) is 88.0 Å². The maximum absolute atomic E-state index is 13.1. The Labute approximate surface area is 223 Å². The van der Waals surface area contributed by atoms with Gasteiger partial charge < -0.3 is 19.7 Å². The van der Waals surface area contributed by atoms with Gasteiger partial charge in [-0.2, -0.15) is 0 Å². The molecule has 1 aliphatic heterocycles. The molecule has 0 spiro atoms. The smallest absolute Gasteiger partial charge is 0.333 e. The van der Waals surface area contributed by atoms with E-state index in [1.54, 1.807) is 18.2 Å². The van der Waals surface area contributed by atoms with Gasteiger partial charge in [-0.25, -0.2) is 9.00 Å². The number of carbonyl (C=O) groups excluding carboxylic acids is 4. The van der Waals surface area contributed by atoms with Gasteiger partial charge in [-0.1, -0.05) is 36.9 Å². The lowest BCUT2D eigenvalue weighted by atomic mass is 9.98. The molecular weight excluding hydrogens is 542 g/mol. The first kappa shape index (κ1) is 28.5. The van der Waals surface area contributed by atoms with E-state index in [0.717, 1.165) is 4.90 Å². The van der Waals surface area contributed by atoms with E-state index in [2.05, 4.69) is 11.9 Å². The maximum atomic E-state index is 13.1. The van der Waals surface area contributed by atoms with Crippen molar-refractivity contribution in [2.75, 3.05) is 0 Å². The number of ether oxygens (including phenoxy) is 2. The zero-order valence-electron chi connectivity index (χ0n) is 19.9. The number of hydrogen-bond acceptors (Lipinski definition) is 9. The Morgan fingerprint density at radius 1 is 1.24 bits per heavy atom. The Kier molecular flexibility index (Phi) is 9.31. The summed E-state index contributed by atoms with van der Waals surface area (Å²) in [5.41, 5.74) is 0.818. The van der Waals surface area contributed by atoms with Gasteiger partial charge in [-0.15, -0.1) is 0 Å². The highest BCUT2D eigenvalue weighted by Gasteiger charge is 2.56. The van der Waals surface area contributed by atoms with E-state index in [-0.39, 0.29) is 24.3 Å². The number of nitrogens with zero attached hydrogens (tertiary/aromatic N) is 2. The van der Waals surface area contributed by atoms with Crippen LogP contribution in [-0.2, 0) is 45.3 Å². The fourth-order valence-corrected chi connectivity index (χ4v) is 5.16. The van der Waals surface area contributed by atoms with Gasteiger partial charge in [-0.3, -0.25) is 24.5 Å². The molecule has 1 aliphatic rings. The van der Waals surface area contributed by atoms with Gasteiger partial charge in [0.15, 0.2) is 11.4 Å². The molecule has 1 fully saturated rings. The van der Waals surface area contributed by atoms with Crippen molar-refractivity contribution in [2.45, 2.75) is 37.1 Å². The lowest BCUT2D eigenvalue weighted by molar-refractivity contribution is -0.384. The van der Waals surface area contributed by atoms with Crippen molar-refractivity contribution < 1.29 is 37.8 Å². The summed E-state index contributed by atoms with van der Waals surface area (Å²) < 4.78 is 22.5. The quantitative estimate of drug-likeness (QED) is 0.0774. The van der Waals surface area contributed by atoms with Crippen molar-refractivity contribution in [1.82, 2.24) is 10.2 Å². The minimum absolute atomic E-state index is 0.0847. The molecule has 0 bridgehead atoms. The molecule has 1 N–H and O–H groups in total. The van der Waals surface area contributed by atoms with Crippen LogP contribution in [0.1, 0.15) is 24.2 Å². The minimum Gasteiger partial charge on any atom is -0.459 e. The normalized spacial score (nSPS) is 18.8. The van der Waals surface area contributed by atoms with Gasteiger partial charge in [0.25, 0.3) is 18.1 Å². The Bertz CT molecular complexity index is 1270. The van der Waals surface area contributed by atoms with Crippen LogP contribution in [0.15, 0.2) is 66.7 Å². The van der Waals surface area contributed by atoms with Crippen LogP contribution >= 0.6 is 10.7 Å². The number of hydrogen-bond donors (Lipinski definition) is 1. The van der Waals surface area contributed by atoms with Gasteiger partial charge in [0, 0.05) is 17.7 Å². The van der Waals surface area contributed by atoms with E-state index >= 15 is 0 Å². The summed E-state index contributed by atoms with van der Waals surface area (Å²) in [6.45, 7) is 4.99. The van der Waals surface area contributed by atoms with Crippen LogP contribution in [0.4, 0.5) is 5.69 Å². The molecule has 200 valence electrons. The summed E-state index contributed by atoms with van der Waals surface area (Å²) in [5.74, 6) is -2.55. The number of rotatable bonds is 12. The Hall–Kier alpha value is -4.10. The monoisotopic (exact) mass is 563 g/mol. The number of likely N-dealkylation sites (tertiary alicyclic amines) is 1. The number of nitro benzene ring substituents is 1. The first-order chi connectivity index (χ1) is 18.1. The number of halogens is 1. The SMILES string of the molecule is C=C(C)C(C(=O)OCc1ccc([N+](=O)[O-])cc1)N1C(=O)C(NC(=O)C(OC=O)c2ccccc2)C1S(=O)Cl. The van der Waals surface area contributed by atoms with E-state index in [0.29, 0.717) is 11.1 Å². The molecule has 0 aliphatic carbocycles. The third-order valence-corrected chi connectivity index (χ3v) is 7.02. The molecule has 0 aromatic heterocycles. The van der Waals surface area contributed by atoms with Crippen molar-refractivity contribution >= 4 is 50.6 Å². The number of nitrogens with one attached hydrogen (secondary N) is 1. The standard InChI is InChI=1S/C24H22ClN3O9S/c1-14(2)19(24(32)36-12-15-8-10-17(11-9-15)28(33)34)27-22(31)18(23(27)38(25)35)26-21(30)20(37-13-29)16-6-4-3-5-7-16/h3-11,13,18-20,23H,1,12H2,2H3,(H,26,30). The van der Waals surface area contributed by atoms with Crippen LogP contribution in [0, 0.1) is 10.1 Å². The molecule has 1 saturated heterocycles. The third kappa shape index (κ3) is 6.23. The number of non-ortho nitro benzene ring substituents is 1. The first-order valence-electron chi connectivity index (χ1n) is 11.0. The summed E-state index contributed by atoms with van der Waals surface area (Å²) in [7, 11) is 3.60. The highest BCUT2D eigenvalue weighted by Crippen LogP contribution is 2.31. The summed E-state index contributed by atoms with van der Waals surface area (Å²) in [6.07, 6.45) is -1.39. The average molecular weight is 564 g/mol. The molecule has 2 aromatic carbocycles. The van der Waals surface area contributed by atoms with Gasteiger partial charge >= 0.3 is 5.97 Å². The topological polar surface area (TPSA) is 162 Å². The zero-order chi connectivity index (χ0) is 28.0. The van der Waals surface area contributed by atoms with Crippen LogP contribution in [0.25, 0.3) is 0 Å². The maximum Gasteiger partial charge on any atom is 0.333 e. The Balaban J connectivity index is 1.74. The molecule has 0 radical (unpaired) electrons. The molecule has 2 aromatic rings. The number of amides is 2. The summed E-state index contributed by atoms with van der Waals surface area (Å²) in [4.78, 5) is 60.9. The molecular formula is C24H22ClN3O9S. The molecule has 14 heteroatoms. The Morgan fingerprint density at radius 2 is 1.87 bits per heavy atom. The van der Waals surface area contributed by atoms with Gasteiger partial charge in [-0.05, 0) is 40.9 Å². The van der Waals surface area contributed by atoms with Crippen molar-refractivity contribution in [3.63, 3.8) is 0 Å². The third-order valence-electron chi connectivity index (χ3n) is 5.60. The fraction of sp³-hybridized carbons (Fsp3) is 0.250. The largest absolute Gasteiger partial charge is 0.459 e. The summed E-state index contributed by atoms with van der Waals surface area (Å²) in [6, 6.07) is 10.6. The minimum atomic E-state index is -2.24. The van der Waals surface area contributed by atoms with Crippen LogP contribution in [0.2, 0.25) is 0 Å². The predicted molar refractivity (Wildman–Crippen MR) is 134 cm³/mol. The highest BCUT2D eigenvalue weighted by molar-refractivity contribution is 8.08. The lowest BCUT2D eigenvalue weighted by Crippen LogP contribution is -2.75.